The van der Waals surface area contributed by atoms with E-state index < -0.39 is 0 Å². The van der Waals surface area contributed by atoms with Crippen LogP contribution >= 0.6 is 0 Å². The van der Waals surface area contributed by atoms with Gasteiger partial charge in [-0.05, 0) is 43.8 Å². The van der Waals surface area contributed by atoms with E-state index in [0.29, 0.717) is 12.2 Å². The summed E-state index contributed by atoms with van der Waals surface area (Å²) in [6.07, 6.45) is 0.880. The Hall–Kier alpha value is -1.62. The summed E-state index contributed by atoms with van der Waals surface area (Å²) in [5, 5.41) is 8.51. The van der Waals surface area contributed by atoms with E-state index >= 15 is 0 Å². The number of halogens is 1. The zero-order chi connectivity index (χ0) is 12.5. The summed E-state index contributed by atoms with van der Waals surface area (Å²) in [5.74, 6) is -0.318. The molecule has 0 bridgehead atoms. The Kier molecular flexibility index (Phi) is 6.03. The second kappa shape index (κ2) is 7.62. The lowest BCUT2D eigenvalue weighted by atomic mass is 10.3. The van der Waals surface area contributed by atoms with Crippen LogP contribution in [-0.4, -0.2) is 25.7 Å². The Morgan fingerprint density at radius 3 is 2.59 bits per heavy atom. The van der Waals surface area contributed by atoms with Crippen LogP contribution in [0.25, 0.3) is 0 Å². The van der Waals surface area contributed by atoms with E-state index in [2.05, 4.69) is 16.0 Å². The Balaban J connectivity index is 2.18. The van der Waals surface area contributed by atoms with E-state index in [9.17, 15) is 9.18 Å². The van der Waals surface area contributed by atoms with Gasteiger partial charge in [-0.3, -0.25) is 0 Å². The third-order valence-electron chi connectivity index (χ3n) is 2.17. The van der Waals surface area contributed by atoms with E-state index in [4.69, 9.17) is 0 Å². The molecule has 4 nitrogen and oxygen atoms in total. The second-order valence-corrected chi connectivity index (χ2v) is 3.59. The number of hydrogen-bond acceptors (Lipinski definition) is 2. The molecule has 0 saturated carbocycles. The van der Waals surface area contributed by atoms with Crippen LogP contribution in [0.5, 0.6) is 0 Å². The van der Waals surface area contributed by atoms with Crippen LogP contribution in [0.3, 0.4) is 0 Å². The van der Waals surface area contributed by atoms with Crippen molar-refractivity contribution in [3.05, 3.63) is 30.1 Å². The molecule has 5 heteroatoms. The molecule has 94 valence electrons. The van der Waals surface area contributed by atoms with Gasteiger partial charge in [0.2, 0.25) is 0 Å². The van der Waals surface area contributed by atoms with Crippen LogP contribution in [0, 0.1) is 5.82 Å². The van der Waals surface area contributed by atoms with Crippen LogP contribution in [0.4, 0.5) is 14.9 Å². The molecule has 0 aliphatic rings. The van der Waals surface area contributed by atoms with Crippen molar-refractivity contribution in [1.82, 2.24) is 10.6 Å². The number of carbonyl (C=O) groups excluding carboxylic acids is 1. The van der Waals surface area contributed by atoms with Gasteiger partial charge in [0, 0.05) is 12.2 Å². The highest BCUT2D eigenvalue weighted by molar-refractivity contribution is 5.89. The molecule has 0 aliphatic heterocycles. The molecular formula is C12H18FN3O. The number of carbonyl (C=O) groups is 1. The number of amides is 2. The highest BCUT2D eigenvalue weighted by atomic mass is 19.1. The lowest BCUT2D eigenvalue weighted by Crippen LogP contribution is -2.31. The third kappa shape index (κ3) is 5.87. The van der Waals surface area contributed by atoms with Gasteiger partial charge < -0.3 is 16.0 Å². The molecule has 0 radical (unpaired) electrons. The molecule has 0 heterocycles. The fourth-order valence-electron chi connectivity index (χ4n) is 1.30. The van der Waals surface area contributed by atoms with Gasteiger partial charge in [0.25, 0.3) is 0 Å². The Morgan fingerprint density at radius 1 is 1.24 bits per heavy atom. The molecule has 1 aromatic rings. The van der Waals surface area contributed by atoms with E-state index in [1.165, 1.54) is 24.3 Å². The molecule has 17 heavy (non-hydrogen) atoms. The standard InChI is InChI=1S/C12H18FN3O/c1-2-14-8-3-9-15-12(17)16-11-6-4-10(13)5-7-11/h4-7,14H,2-3,8-9H2,1H3,(H2,15,16,17). The predicted octanol–water partition coefficient (Wildman–Crippen LogP) is 1.95. The first-order chi connectivity index (χ1) is 8.22. The minimum atomic E-state index is -0.318. The normalized spacial score (nSPS) is 10.0. The summed E-state index contributed by atoms with van der Waals surface area (Å²) < 4.78 is 12.6. The number of benzene rings is 1. The minimum absolute atomic E-state index is 0.270. The maximum atomic E-state index is 12.6. The van der Waals surface area contributed by atoms with Gasteiger partial charge in [0.05, 0.1) is 0 Å². The van der Waals surface area contributed by atoms with Crippen molar-refractivity contribution in [2.75, 3.05) is 25.0 Å². The van der Waals surface area contributed by atoms with E-state index in [-0.39, 0.29) is 11.8 Å². The first-order valence-corrected chi connectivity index (χ1v) is 5.73. The summed E-state index contributed by atoms with van der Waals surface area (Å²) in [6.45, 7) is 4.46. The topological polar surface area (TPSA) is 53.2 Å². The number of nitrogens with one attached hydrogen (secondary N) is 3. The summed E-state index contributed by atoms with van der Waals surface area (Å²) in [4.78, 5) is 11.4. The summed E-state index contributed by atoms with van der Waals surface area (Å²) >= 11 is 0. The van der Waals surface area contributed by atoms with Gasteiger partial charge >= 0.3 is 6.03 Å². The molecule has 0 saturated heterocycles. The van der Waals surface area contributed by atoms with Gasteiger partial charge in [-0.1, -0.05) is 6.92 Å². The Morgan fingerprint density at radius 2 is 1.94 bits per heavy atom. The van der Waals surface area contributed by atoms with E-state index in [1.807, 2.05) is 6.92 Å². The highest BCUT2D eigenvalue weighted by Gasteiger charge is 2.00. The molecule has 0 spiro atoms. The van der Waals surface area contributed by atoms with Gasteiger partial charge in [0.1, 0.15) is 5.82 Å². The fraction of sp³-hybridized carbons (Fsp3) is 0.417. The fourth-order valence-corrected chi connectivity index (χ4v) is 1.30. The van der Waals surface area contributed by atoms with E-state index in [1.54, 1.807) is 0 Å². The van der Waals surface area contributed by atoms with Crippen molar-refractivity contribution in [2.45, 2.75) is 13.3 Å². The van der Waals surface area contributed by atoms with Crippen LogP contribution in [0.1, 0.15) is 13.3 Å². The summed E-state index contributed by atoms with van der Waals surface area (Å²) in [7, 11) is 0. The van der Waals surface area contributed by atoms with Gasteiger partial charge in [0.15, 0.2) is 0 Å². The molecule has 0 fully saturated rings. The zero-order valence-electron chi connectivity index (χ0n) is 9.92. The third-order valence-corrected chi connectivity index (χ3v) is 2.17. The zero-order valence-corrected chi connectivity index (χ0v) is 9.92. The largest absolute Gasteiger partial charge is 0.338 e. The SMILES string of the molecule is CCNCCCNC(=O)Nc1ccc(F)cc1. The lowest BCUT2D eigenvalue weighted by molar-refractivity contribution is 0.252. The maximum absolute atomic E-state index is 12.6. The van der Waals surface area contributed by atoms with Crippen molar-refractivity contribution in [1.29, 1.82) is 0 Å². The van der Waals surface area contributed by atoms with Crippen LogP contribution in [0.15, 0.2) is 24.3 Å². The van der Waals surface area contributed by atoms with Crippen LogP contribution < -0.4 is 16.0 Å². The number of urea groups is 1. The average molecular weight is 239 g/mol. The Labute approximate surface area is 101 Å². The smallest absolute Gasteiger partial charge is 0.319 e. The van der Waals surface area contributed by atoms with Crippen molar-refractivity contribution >= 4 is 11.7 Å². The predicted molar refractivity (Wildman–Crippen MR) is 66.6 cm³/mol. The monoisotopic (exact) mass is 239 g/mol. The lowest BCUT2D eigenvalue weighted by Gasteiger charge is -2.07. The van der Waals surface area contributed by atoms with Gasteiger partial charge in [-0.25, -0.2) is 9.18 Å². The van der Waals surface area contributed by atoms with Crippen LogP contribution in [-0.2, 0) is 0 Å². The molecule has 0 unspecified atom stereocenters. The van der Waals surface area contributed by atoms with Crippen molar-refractivity contribution in [2.24, 2.45) is 0 Å². The van der Waals surface area contributed by atoms with Crippen molar-refractivity contribution in [3.63, 3.8) is 0 Å². The van der Waals surface area contributed by atoms with Crippen LogP contribution in [0.2, 0.25) is 0 Å². The van der Waals surface area contributed by atoms with E-state index in [0.717, 1.165) is 19.5 Å². The molecule has 0 atom stereocenters. The van der Waals surface area contributed by atoms with Crippen molar-refractivity contribution in [3.8, 4) is 0 Å². The first kappa shape index (κ1) is 13.4. The minimum Gasteiger partial charge on any atom is -0.338 e. The highest BCUT2D eigenvalue weighted by Crippen LogP contribution is 2.07. The average Bonchev–Trinajstić information content (AvgIpc) is 2.32. The second-order valence-electron chi connectivity index (χ2n) is 3.59. The molecule has 1 rings (SSSR count). The molecule has 1 aromatic carbocycles. The molecule has 0 aliphatic carbocycles. The molecule has 2 amide bonds. The quantitative estimate of drug-likeness (QED) is 0.664. The number of rotatable bonds is 6. The van der Waals surface area contributed by atoms with Gasteiger partial charge in [-0.2, -0.15) is 0 Å². The molecule has 0 aromatic heterocycles. The number of anilines is 1. The maximum Gasteiger partial charge on any atom is 0.319 e. The molecule has 3 N–H and O–H groups in total. The number of hydrogen-bond donors (Lipinski definition) is 3. The summed E-state index contributed by atoms with van der Waals surface area (Å²) in [6, 6.07) is 5.39. The van der Waals surface area contributed by atoms with Gasteiger partial charge in [-0.15, -0.1) is 0 Å². The molecular weight excluding hydrogens is 221 g/mol. The summed E-state index contributed by atoms with van der Waals surface area (Å²) in [5.41, 5.74) is 0.579. The van der Waals surface area contributed by atoms with Crippen molar-refractivity contribution < 1.29 is 9.18 Å². The Bertz CT molecular complexity index is 340. The first-order valence-electron chi connectivity index (χ1n) is 5.73.